The van der Waals surface area contributed by atoms with Gasteiger partial charge in [0.25, 0.3) is 0 Å². The van der Waals surface area contributed by atoms with Crippen molar-refractivity contribution in [3.8, 4) is 0 Å². The largest absolute Gasteiger partial charge is 0.311 e. The van der Waals surface area contributed by atoms with Gasteiger partial charge in [-0.1, -0.05) is 20.3 Å². The van der Waals surface area contributed by atoms with Gasteiger partial charge in [0.15, 0.2) is 0 Å². The molecule has 2 aliphatic rings. The van der Waals surface area contributed by atoms with E-state index in [1.165, 1.54) is 51.4 Å². The summed E-state index contributed by atoms with van der Waals surface area (Å²) in [6, 6.07) is 1.63. The van der Waals surface area contributed by atoms with E-state index in [9.17, 15) is 0 Å². The first kappa shape index (κ1) is 13.7. The highest BCUT2D eigenvalue weighted by Gasteiger charge is 2.29. The lowest BCUT2D eigenvalue weighted by atomic mass is 9.75. The summed E-state index contributed by atoms with van der Waals surface area (Å²) in [6.07, 6.45) is 13.6. The summed E-state index contributed by atoms with van der Waals surface area (Å²) >= 11 is 2.07. The minimum atomic E-state index is 0.604. The molecule has 0 spiro atoms. The third kappa shape index (κ3) is 4.17. The van der Waals surface area contributed by atoms with E-state index in [-0.39, 0.29) is 0 Å². The lowest BCUT2D eigenvalue weighted by Gasteiger charge is -2.38. The van der Waals surface area contributed by atoms with E-state index in [0.29, 0.717) is 5.41 Å². The molecule has 2 aliphatic carbocycles. The van der Waals surface area contributed by atoms with Gasteiger partial charge in [0.2, 0.25) is 0 Å². The van der Waals surface area contributed by atoms with E-state index >= 15 is 0 Å². The molecule has 0 aromatic carbocycles. The second kappa shape index (κ2) is 5.97. The average Bonchev–Trinajstić information content (AvgIpc) is 2.32. The molecule has 0 bridgehead atoms. The van der Waals surface area contributed by atoms with Gasteiger partial charge in [0, 0.05) is 17.3 Å². The van der Waals surface area contributed by atoms with Crippen LogP contribution in [0.4, 0.5) is 0 Å². The van der Waals surface area contributed by atoms with Crippen LogP contribution in [-0.4, -0.2) is 23.6 Å². The van der Waals surface area contributed by atoms with Crippen LogP contribution in [0.5, 0.6) is 0 Å². The number of hydrogen-bond donors (Lipinski definition) is 1. The zero-order chi connectivity index (χ0) is 12.3. The van der Waals surface area contributed by atoms with Gasteiger partial charge in [0.05, 0.1) is 0 Å². The fourth-order valence-corrected chi connectivity index (χ4v) is 4.24. The Morgan fingerprint density at radius 2 is 1.71 bits per heavy atom. The van der Waals surface area contributed by atoms with Crippen LogP contribution in [-0.2, 0) is 0 Å². The molecule has 0 aromatic heterocycles. The fraction of sp³-hybridized carbons (Fsp3) is 1.00. The number of hydrogen-bond acceptors (Lipinski definition) is 2. The topological polar surface area (TPSA) is 12.0 Å². The first-order valence-electron chi connectivity index (χ1n) is 7.38. The van der Waals surface area contributed by atoms with Gasteiger partial charge >= 0.3 is 0 Å². The van der Waals surface area contributed by atoms with Gasteiger partial charge in [-0.25, -0.2) is 0 Å². The van der Waals surface area contributed by atoms with Gasteiger partial charge in [0.1, 0.15) is 0 Å². The summed E-state index contributed by atoms with van der Waals surface area (Å²) in [7, 11) is 0. The minimum absolute atomic E-state index is 0.604. The van der Waals surface area contributed by atoms with Crippen LogP contribution in [0.25, 0.3) is 0 Å². The molecule has 2 saturated carbocycles. The van der Waals surface area contributed by atoms with Crippen LogP contribution in [0.15, 0.2) is 0 Å². The summed E-state index contributed by atoms with van der Waals surface area (Å²) in [5, 5.41) is 4.86. The molecule has 0 saturated heterocycles. The third-order valence-corrected chi connectivity index (χ3v) is 5.86. The Kier molecular flexibility index (Phi) is 4.82. The second-order valence-corrected chi connectivity index (χ2v) is 7.96. The first-order chi connectivity index (χ1) is 8.09. The molecule has 17 heavy (non-hydrogen) atoms. The minimum Gasteiger partial charge on any atom is -0.311 e. The highest BCUT2D eigenvalue weighted by molar-refractivity contribution is 7.99. The van der Waals surface area contributed by atoms with Gasteiger partial charge in [-0.3, -0.25) is 0 Å². The zero-order valence-corrected chi connectivity index (χ0v) is 12.6. The van der Waals surface area contributed by atoms with Crippen molar-refractivity contribution in [2.45, 2.75) is 82.5 Å². The Labute approximate surface area is 112 Å². The number of rotatable bonds is 3. The average molecular weight is 255 g/mol. The summed E-state index contributed by atoms with van der Waals surface area (Å²) in [5.41, 5.74) is 0.604. The molecule has 0 heterocycles. The molecule has 0 amide bonds. The van der Waals surface area contributed by atoms with Crippen LogP contribution < -0.4 is 5.32 Å². The zero-order valence-electron chi connectivity index (χ0n) is 11.8. The smallest absolute Gasteiger partial charge is 0.00801 e. The van der Waals surface area contributed by atoms with E-state index in [1.54, 1.807) is 0 Å². The fourth-order valence-electron chi connectivity index (χ4n) is 3.41. The highest BCUT2D eigenvalue weighted by atomic mass is 32.2. The molecule has 2 fully saturated rings. The Bertz CT molecular complexity index is 229. The molecule has 100 valence electrons. The van der Waals surface area contributed by atoms with Crippen LogP contribution in [0.2, 0.25) is 0 Å². The normalized spacial score (nSPS) is 34.8. The summed E-state index contributed by atoms with van der Waals surface area (Å²) < 4.78 is 0. The third-order valence-electron chi connectivity index (χ3n) is 4.77. The number of nitrogens with one attached hydrogen (secondary N) is 1. The lowest BCUT2D eigenvalue weighted by Crippen LogP contribution is -2.44. The van der Waals surface area contributed by atoms with E-state index in [0.717, 1.165) is 17.3 Å². The van der Waals surface area contributed by atoms with Crippen molar-refractivity contribution in [3.63, 3.8) is 0 Å². The van der Waals surface area contributed by atoms with E-state index in [4.69, 9.17) is 0 Å². The maximum atomic E-state index is 3.95. The summed E-state index contributed by atoms with van der Waals surface area (Å²) in [6.45, 7) is 4.85. The molecule has 2 unspecified atom stereocenters. The van der Waals surface area contributed by atoms with Crippen LogP contribution in [0.1, 0.15) is 65.2 Å². The highest BCUT2D eigenvalue weighted by Crippen LogP contribution is 2.36. The standard InChI is InChI=1S/C15H29NS/c1-15(2)9-7-12(8-10-15)16-13-5-4-6-14(11-13)17-3/h12-14,16H,4-11H2,1-3H3. The molecule has 2 rings (SSSR count). The van der Waals surface area contributed by atoms with Gasteiger partial charge in [-0.05, 0) is 56.6 Å². The number of thioether (sulfide) groups is 1. The van der Waals surface area contributed by atoms with Crippen LogP contribution >= 0.6 is 11.8 Å². The summed E-state index contributed by atoms with van der Waals surface area (Å²) in [4.78, 5) is 0. The van der Waals surface area contributed by atoms with E-state index in [2.05, 4.69) is 37.2 Å². The molecule has 2 heteroatoms. The van der Waals surface area contributed by atoms with Crippen molar-refractivity contribution in [2.24, 2.45) is 5.41 Å². The first-order valence-corrected chi connectivity index (χ1v) is 8.67. The maximum Gasteiger partial charge on any atom is 0.00801 e. The molecule has 1 N–H and O–H groups in total. The van der Waals surface area contributed by atoms with Gasteiger partial charge in [-0.15, -0.1) is 0 Å². The van der Waals surface area contributed by atoms with E-state index < -0.39 is 0 Å². The monoisotopic (exact) mass is 255 g/mol. The maximum absolute atomic E-state index is 3.95. The van der Waals surface area contributed by atoms with Crippen molar-refractivity contribution in [1.29, 1.82) is 0 Å². The molecule has 0 aliphatic heterocycles. The predicted molar refractivity (Wildman–Crippen MR) is 78.7 cm³/mol. The Hall–Kier alpha value is 0.310. The van der Waals surface area contributed by atoms with E-state index in [1.807, 2.05) is 0 Å². The molecular weight excluding hydrogens is 226 g/mol. The predicted octanol–water partition coefficient (Wildman–Crippen LogP) is 4.22. The quantitative estimate of drug-likeness (QED) is 0.810. The Balaban J connectivity index is 1.74. The van der Waals surface area contributed by atoms with Crippen molar-refractivity contribution in [3.05, 3.63) is 0 Å². The molecule has 0 aromatic rings. The Morgan fingerprint density at radius 1 is 1.00 bits per heavy atom. The molecule has 0 radical (unpaired) electrons. The second-order valence-electron chi connectivity index (χ2n) is 6.83. The Morgan fingerprint density at radius 3 is 2.35 bits per heavy atom. The van der Waals surface area contributed by atoms with Crippen molar-refractivity contribution >= 4 is 11.8 Å². The van der Waals surface area contributed by atoms with Crippen LogP contribution in [0, 0.1) is 5.41 Å². The lowest BCUT2D eigenvalue weighted by molar-refractivity contribution is 0.190. The van der Waals surface area contributed by atoms with Gasteiger partial charge < -0.3 is 5.32 Å². The SMILES string of the molecule is CSC1CCCC(NC2CCC(C)(C)CC2)C1. The van der Waals surface area contributed by atoms with Crippen molar-refractivity contribution < 1.29 is 0 Å². The molecular formula is C15H29NS. The molecule has 2 atom stereocenters. The van der Waals surface area contributed by atoms with Crippen LogP contribution in [0.3, 0.4) is 0 Å². The van der Waals surface area contributed by atoms with Crippen molar-refractivity contribution in [2.75, 3.05) is 6.26 Å². The summed E-state index contributed by atoms with van der Waals surface area (Å²) in [5.74, 6) is 0. The molecule has 1 nitrogen and oxygen atoms in total. The van der Waals surface area contributed by atoms with Gasteiger partial charge in [-0.2, -0.15) is 11.8 Å². The van der Waals surface area contributed by atoms with Crippen molar-refractivity contribution in [1.82, 2.24) is 5.32 Å².